The lowest BCUT2D eigenvalue weighted by Crippen LogP contribution is -2.43. The van der Waals surface area contributed by atoms with Gasteiger partial charge in [0.05, 0.1) is 0 Å². The Balaban J connectivity index is 2.51. The van der Waals surface area contributed by atoms with Crippen LogP contribution in [0.25, 0.3) is 0 Å². The fraction of sp³-hybridized carbons (Fsp3) is 0.556. The van der Waals surface area contributed by atoms with Crippen molar-refractivity contribution < 1.29 is 19.1 Å². The van der Waals surface area contributed by atoms with Crippen LogP contribution < -0.4 is 10.1 Å². The second-order valence-corrected chi connectivity index (χ2v) is 6.94. The second kappa shape index (κ2) is 7.99. The number of amides is 1. The van der Waals surface area contributed by atoms with Gasteiger partial charge < -0.3 is 14.8 Å². The molecule has 1 N–H and O–H groups in total. The van der Waals surface area contributed by atoms with Gasteiger partial charge in [0, 0.05) is 5.54 Å². The van der Waals surface area contributed by atoms with E-state index >= 15 is 0 Å². The van der Waals surface area contributed by atoms with Gasteiger partial charge in [-0.25, -0.2) is 4.79 Å². The van der Waals surface area contributed by atoms with Crippen LogP contribution in [0.2, 0.25) is 0 Å². The van der Waals surface area contributed by atoms with Gasteiger partial charge >= 0.3 is 5.97 Å². The van der Waals surface area contributed by atoms with Crippen molar-refractivity contribution >= 4 is 11.9 Å². The highest BCUT2D eigenvalue weighted by Crippen LogP contribution is 2.27. The number of hydrogen-bond acceptors (Lipinski definition) is 4. The van der Waals surface area contributed by atoms with E-state index in [-0.39, 0.29) is 24.7 Å². The number of ether oxygens (including phenoxy) is 2. The highest BCUT2D eigenvalue weighted by molar-refractivity contribution is 5.81. The molecule has 0 saturated carbocycles. The van der Waals surface area contributed by atoms with Gasteiger partial charge in [0.15, 0.2) is 13.2 Å². The second-order valence-electron chi connectivity index (χ2n) is 6.94. The van der Waals surface area contributed by atoms with Crippen molar-refractivity contribution in [2.45, 2.75) is 53.0 Å². The van der Waals surface area contributed by atoms with Crippen molar-refractivity contribution in [2.75, 3.05) is 13.2 Å². The number of rotatable bonds is 6. The van der Waals surface area contributed by atoms with E-state index in [2.05, 4.69) is 19.2 Å². The molecular weight excluding hydrogens is 294 g/mol. The number of aryl methyl sites for hydroxylation is 1. The molecule has 0 aliphatic carbocycles. The topological polar surface area (TPSA) is 64.6 Å². The fourth-order valence-corrected chi connectivity index (χ4v) is 2.02. The molecular formula is C18H27NO4. The molecule has 0 atom stereocenters. The minimum absolute atomic E-state index is 0.216. The van der Waals surface area contributed by atoms with Crippen LogP contribution in [0, 0.1) is 6.92 Å². The smallest absolute Gasteiger partial charge is 0.344 e. The van der Waals surface area contributed by atoms with Gasteiger partial charge in [0.25, 0.3) is 5.91 Å². The van der Waals surface area contributed by atoms with Gasteiger partial charge in [0.2, 0.25) is 0 Å². The largest absolute Gasteiger partial charge is 0.482 e. The van der Waals surface area contributed by atoms with Crippen LogP contribution in [0.15, 0.2) is 18.2 Å². The first kappa shape index (κ1) is 19.0. The summed E-state index contributed by atoms with van der Waals surface area (Å²) in [5.74, 6) is 0.0739. The van der Waals surface area contributed by atoms with Crippen LogP contribution in [0.1, 0.15) is 51.7 Å². The summed E-state index contributed by atoms with van der Waals surface area (Å²) < 4.78 is 10.5. The summed E-state index contributed by atoms with van der Waals surface area (Å²) in [6, 6.07) is 5.91. The Hall–Kier alpha value is -2.04. The highest BCUT2D eigenvalue weighted by atomic mass is 16.6. The Labute approximate surface area is 138 Å². The van der Waals surface area contributed by atoms with Gasteiger partial charge in [-0.3, -0.25) is 4.79 Å². The lowest BCUT2D eigenvalue weighted by atomic mass is 10.0. The molecule has 0 radical (unpaired) electrons. The molecule has 0 spiro atoms. The average Bonchev–Trinajstić information content (AvgIpc) is 2.40. The molecule has 0 fully saturated rings. The molecule has 0 aliphatic rings. The Bertz CT molecular complexity index is 559. The van der Waals surface area contributed by atoms with E-state index in [0.717, 1.165) is 11.1 Å². The summed E-state index contributed by atoms with van der Waals surface area (Å²) in [7, 11) is 0. The zero-order chi connectivity index (χ0) is 17.6. The summed E-state index contributed by atoms with van der Waals surface area (Å²) in [6.45, 7) is 11.2. The van der Waals surface area contributed by atoms with Crippen LogP contribution in [-0.4, -0.2) is 30.6 Å². The van der Waals surface area contributed by atoms with E-state index in [0.29, 0.717) is 11.7 Å². The SMILES string of the molecule is Cc1ccc(C(C)C)c(OCC(=O)OCC(=O)NC(C)(C)C)c1. The van der Waals surface area contributed by atoms with Crippen molar-refractivity contribution in [1.29, 1.82) is 0 Å². The molecule has 0 aromatic heterocycles. The highest BCUT2D eigenvalue weighted by Gasteiger charge is 2.16. The zero-order valence-electron chi connectivity index (χ0n) is 14.9. The molecule has 23 heavy (non-hydrogen) atoms. The molecule has 1 rings (SSSR count). The van der Waals surface area contributed by atoms with E-state index in [4.69, 9.17) is 9.47 Å². The fourth-order valence-electron chi connectivity index (χ4n) is 2.02. The van der Waals surface area contributed by atoms with Crippen LogP contribution in [-0.2, 0) is 14.3 Å². The zero-order valence-corrected chi connectivity index (χ0v) is 14.9. The maximum atomic E-state index is 11.7. The summed E-state index contributed by atoms with van der Waals surface area (Å²) in [5, 5.41) is 2.72. The minimum Gasteiger partial charge on any atom is -0.482 e. The summed E-state index contributed by atoms with van der Waals surface area (Å²) in [5.41, 5.74) is 1.74. The lowest BCUT2D eigenvalue weighted by molar-refractivity contribution is -0.150. The van der Waals surface area contributed by atoms with Crippen molar-refractivity contribution in [1.82, 2.24) is 5.32 Å². The number of benzene rings is 1. The third kappa shape index (κ3) is 7.17. The Kier molecular flexibility index (Phi) is 6.61. The average molecular weight is 321 g/mol. The molecule has 0 heterocycles. The third-order valence-corrected chi connectivity index (χ3v) is 3.02. The minimum atomic E-state index is -0.565. The van der Waals surface area contributed by atoms with E-state index in [1.807, 2.05) is 45.9 Å². The number of carbonyl (C=O) groups is 2. The van der Waals surface area contributed by atoms with Crippen LogP contribution in [0.5, 0.6) is 5.75 Å². The van der Waals surface area contributed by atoms with Crippen molar-refractivity contribution in [2.24, 2.45) is 0 Å². The molecule has 1 aromatic rings. The van der Waals surface area contributed by atoms with Crippen LogP contribution >= 0.6 is 0 Å². The van der Waals surface area contributed by atoms with Gasteiger partial charge in [-0.15, -0.1) is 0 Å². The molecule has 1 amide bonds. The molecule has 0 saturated heterocycles. The standard InChI is InChI=1S/C18H27NO4/c1-12(2)14-8-7-13(3)9-15(14)22-11-17(21)23-10-16(20)19-18(4,5)6/h7-9,12H,10-11H2,1-6H3,(H,19,20). The van der Waals surface area contributed by atoms with Crippen molar-refractivity contribution in [3.63, 3.8) is 0 Å². The first-order valence-corrected chi connectivity index (χ1v) is 7.78. The van der Waals surface area contributed by atoms with Crippen LogP contribution in [0.4, 0.5) is 0 Å². The summed E-state index contributed by atoms with van der Waals surface area (Å²) in [4.78, 5) is 23.3. The van der Waals surface area contributed by atoms with Crippen LogP contribution in [0.3, 0.4) is 0 Å². The predicted octanol–water partition coefficient (Wildman–Crippen LogP) is 2.96. The van der Waals surface area contributed by atoms with E-state index in [1.165, 1.54) is 0 Å². The first-order chi connectivity index (χ1) is 10.6. The number of hydrogen-bond donors (Lipinski definition) is 1. The van der Waals surface area contributed by atoms with E-state index in [9.17, 15) is 9.59 Å². The summed E-state index contributed by atoms with van der Waals surface area (Å²) >= 11 is 0. The van der Waals surface area contributed by atoms with Gasteiger partial charge in [-0.05, 0) is 50.8 Å². The Morgan fingerprint density at radius 2 is 1.83 bits per heavy atom. The summed E-state index contributed by atoms with van der Waals surface area (Å²) in [6.07, 6.45) is 0. The van der Waals surface area contributed by atoms with Gasteiger partial charge in [-0.1, -0.05) is 26.0 Å². The van der Waals surface area contributed by atoms with E-state index in [1.54, 1.807) is 0 Å². The number of esters is 1. The van der Waals surface area contributed by atoms with Gasteiger partial charge in [0.1, 0.15) is 5.75 Å². The van der Waals surface area contributed by atoms with E-state index < -0.39 is 5.97 Å². The Morgan fingerprint density at radius 3 is 2.39 bits per heavy atom. The molecule has 1 aromatic carbocycles. The lowest BCUT2D eigenvalue weighted by Gasteiger charge is -2.20. The number of carbonyl (C=O) groups excluding carboxylic acids is 2. The predicted molar refractivity (Wildman–Crippen MR) is 89.6 cm³/mol. The molecule has 0 unspecified atom stereocenters. The maximum Gasteiger partial charge on any atom is 0.344 e. The van der Waals surface area contributed by atoms with Crippen molar-refractivity contribution in [3.8, 4) is 5.75 Å². The normalized spacial score (nSPS) is 11.3. The monoisotopic (exact) mass is 321 g/mol. The molecule has 128 valence electrons. The molecule has 5 heteroatoms. The number of nitrogens with one attached hydrogen (secondary N) is 1. The van der Waals surface area contributed by atoms with Crippen molar-refractivity contribution in [3.05, 3.63) is 29.3 Å². The maximum absolute atomic E-state index is 11.7. The quantitative estimate of drug-likeness (QED) is 0.818. The molecule has 0 bridgehead atoms. The Morgan fingerprint density at radius 1 is 1.17 bits per heavy atom. The first-order valence-electron chi connectivity index (χ1n) is 7.78. The van der Waals surface area contributed by atoms with Gasteiger partial charge in [-0.2, -0.15) is 0 Å². The molecule has 0 aliphatic heterocycles. The third-order valence-electron chi connectivity index (χ3n) is 3.02. The molecule has 5 nitrogen and oxygen atoms in total.